The summed E-state index contributed by atoms with van der Waals surface area (Å²) >= 11 is 5.84. The van der Waals surface area contributed by atoms with Crippen molar-refractivity contribution < 1.29 is 9.21 Å². The smallest absolute Gasteiger partial charge is 0.192 e. The molecule has 0 N–H and O–H groups in total. The molecule has 0 amide bonds. The molecule has 1 aromatic heterocycles. The van der Waals surface area contributed by atoms with Gasteiger partial charge >= 0.3 is 0 Å². The molecule has 1 heterocycles. The van der Waals surface area contributed by atoms with Crippen molar-refractivity contribution in [2.45, 2.75) is 13.8 Å². The number of carbonyl (C=O) groups excluding carboxylic acids is 1. The number of hydrogen-bond donors (Lipinski definition) is 0. The highest BCUT2D eigenvalue weighted by atomic mass is 35.5. The van der Waals surface area contributed by atoms with Gasteiger partial charge in [-0.15, -0.1) is 0 Å². The maximum atomic E-state index is 11.3. The lowest BCUT2D eigenvalue weighted by Crippen LogP contribution is -1.92. The van der Waals surface area contributed by atoms with Gasteiger partial charge in [0.2, 0.25) is 0 Å². The van der Waals surface area contributed by atoms with E-state index in [1.54, 1.807) is 19.1 Å². The molecular weight excluding hydrogens is 202 g/mol. The van der Waals surface area contributed by atoms with Gasteiger partial charge in [-0.3, -0.25) is 4.79 Å². The van der Waals surface area contributed by atoms with Crippen LogP contribution in [0.15, 0.2) is 16.5 Å². The predicted molar refractivity (Wildman–Crippen MR) is 53.8 cm³/mol. The number of halogens is 1. The van der Waals surface area contributed by atoms with Crippen molar-refractivity contribution in [1.82, 2.24) is 4.98 Å². The molecule has 0 aliphatic rings. The number of hydrogen-bond acceptors (Lipinski definition) is 3. The number of oxazole rings is 1. The van der Waals surface area contributed by atoms with E-state index in [0.717, 1.165) is 0 Å². The van der Waals surface area contributed by atoms with Crippen LogP contribution in [0.5, 0.6) is 0 Å². The van der Waals surface area contributed by atoms with Gasteiger partial charge in [-0.2, -0.15) is 0 Å². The molecule has 1 aromatic carbocycles. The van der Waals surface area contributed by atoms with Crippen LogP contribution in [0.3, 0.4) is 0 Å². The first-order valence-electron chi connectivity index (χ1n) is 4.15. The Balaban J connectivity index is 2.85. The maximum absolute atomic E-state index is 11.3. The molecule has 2 rings (SSSR count). The number of aromatic nitrogens is 1. The van der Waals surface area contributed by atoms with Gasteiger partial charge in [0, 0.05) is 11.9 Å². The SMILES string of the molecule is CC(=O)c1cc(Cl)cc2nc(C)oc12. The lowest BCUT2D eigenvalue weighted by molar-refractivity contribution is 0.101. The Bertz CT molecular complexity index is 516. The minimum absolute atomic E-state index is 0.0753. The van der Waals surface area contributed by atoms with Crippen molar-refractivity contribution in [3.05, 3.63) is 28.6 Å². The minimum Gasteiger partial charge on any atom is -0.440 e. The number of carbonyl (C=O) groups is 1. The Morgan fingerprint density at radius 1 is 1.50 bits per heavy atom. The molecular formula is C10H8ClNO2. The van der Waals surface area contributed by atoms with Gasteiger partial charge in [0.1, 0.15) is 5.52 Å². The predicted octanol–water partition coefficient (Wildman–Crippen LogP) is 2.99. The number of nitrogens with zero attached hydrogens (tertiary/aromatic N) is 1. The van der Waals surface area contributed by atoms with Gasteiger partial charge in [0.15, 0.2) is 17.3 Å². The monoisotopic (exact) mass is 209 g/mol. The summed E-state index contributed by atoms with van der Waals surface area (Å²) in [6, 6.07) is 3.27. The molecule has 0 saturated heterocycles. The summed E-state index contributed by atoms with van der Waals surface area (Å²) in [7, 11) is 0. The first kappa shape index (κ1) is 9.21. The Kier molecular flexibility index (Phi) is 2.04. The van der Waals surface area contributed by atoms with Crippen molar-refractivity contribution in [1.29, 1.82) is 0 Å². The summed E-state index contributed by atoms with van der Waals surface area (Å²) in [5.74, 6) is 0.457. The molecule has 3 nitrogen and oxygen atoms in total. The zero-order valence-electron chi connectivity index (χ0n) is 7.80. The molecule has 0 aliphatic heterocycles. The van der Waals surface area contributed by atoms with E-state index in [9.17, 15) is 4.79 Å². The van der Waals surface area contributed by atoms with Crippen molar-refractivity contribution in [3.63, 3.8) is 0 Å². The van der Waals surface area contributed by atoms with E-state index in [1.807, 2.05) is 0 Å². The summed E-state index contributed by atoms with van der Waals surface area (Å²) in [4.78, 5) is 15.4. The van der Waals surface area contributed by atoms with Crippen LogP contribution in [0, 0.1) is 6.92 Å². The van der Waals surface area contributed by atoms with E-state index in [2.05, 4.69) is 4.98 Å². The molecule has 4 heteroatoms. The second-order valence-electron chi connectivity index (χ2n) is 3.09. The van der Waals surface area contributed by atoms with E-state index in [0.29, 0.717) is 27.6 Å². The van der Waals surface area contributed by atoms with Crippen LogP contribution < -0.4 is 0 Å². The molecule has 0 bridgehead atoms. The average molecular weight is 210 g/mol. The quantitative estimate of drug-likeness (QED) is 0.678. The minimum atomic E-state index is -0.0753. The van der Waals surface area contributed by atoms with Crippen LogP contribution in [0.4, 0.5) is 0 Å². The summed E-state index contributed by atoms with van der Waals surface area (Å²) < 4.78 is 5.32. The van der Waals surface area contributed by atoms with Gasteiger partial charge in [-0.1, -0.05) is 11.6 Å². The number of ketones is 1. The Morgan fingerprint density at radius 2 is 2.21 bits per heavy atom. The third-order valence-electron chi connectivity index (χ3n) is 1.94. The molecule has 0 fully saturated rings. The molecule has 0 radical (unpaired) electrons. The van der Waals surface area contributed by atoms with Gasteiger partial charge in [-0.05, 0) is 19.1 Å². The van der Waals surface area contributed by atoms with Crippen LogP contribution in [0.25, 0.3) is 11.1 Å². The second-order valence-corrected chi connectivity index (χ2v) is 3.53. The highest BCUT2D eigenvalue weighted by Gasteiger charge is 2.12. The molecule has 0 unspecified atom stereocenters. The topological polar surface area (TPSA) is 43.1 Å². The maximum Gasteiger partial charge on any atom is 0.192 e. The van der Waals surface area contributed by atoms with E-state index >= 15 is 0 Å². The lowest BCUT2D eigenvalue weighted by Gasteiger charge is -1.96. The second kappa shape index (κ2) is 3.10. The third-order valence-corrected chi connectivity index (χ3v) is 2.16. The largest absolute Gasteiger partial charge is 0.440 e. The van der Waals surface area contributed by atoms with Gasteiger partial charge in [0.25, 0.3) is 0 Å². The fourth-order valence-electron chi connectivity index (χ4n) is 1.37. The van der Waals surface area contributed by atoms with Crippen LogP contribution in [0.1, 0.15) is 23.2 Å². The number of aryl methyl sites for hydroxylation is 1. The fourth-order valence-corrected chi connectivity index (χ4v) is 1.58. The zero-order valence-corrected chi connectivity index (χ0v) is 8.55. The Hall–Kier alpha value is -1.35. The summed E-state index contributed by atoms with van der Waals surface area (Å²) in [6.07, 6.45) is 0. The Labute approximate surface area is 85.7 Å². The molecule has 0 aliphatic carbocycles. The highest BCUT2D eigenvalue weighted by Crippen LogP contribution is 2.24. The van der Waals surface area contributed by atoms with Crippen LogP contribution in [-0.4, -0.2) is 10.8 Å². The first-order valence-corrected chi connectivity index (χ1v) is 4.53. The lowest BCUT2D eigenvalue weighted by atomic mass is 10.1. The number of rotatable bonds is 1. The molecule has 0 spiro atoms. The van der Waals surface area contributed by atoms with E-state index in [1.165, 1.54) is 6.92 Å². The Morgan fingerprint density at radius 3 is 2.86 bits per heavy atom. The first-order chi connectivity index (χ1) is 6.58. The average Bonchev–Trinajstić information content (AvgIpc) is 2.42. The summed E-state index contributed by atoms with van der Waals surface area (Å²) in [5, 5.41) is 0.496. The van der Waals surface area contributed by atoms with E-state index in [4.69, 9.17) is 16.0 Å². The molecule has 72 valence electrons. The van der Waals surface area contributed by atoms with Gasteiger partial charge in [-0.25, -0.2) is 4.98 Å². The van der Waals surface area contributed by atoms with Gasteiger partial charge in [0.05, 0.1) is 5.56 Å². The zero-order chi connectivity index (χ0) is 10.3. The van der Waals surface area contributed by atoms with E-state index < -0.39 is 0 Å². The molecule has 0 atom stereocenters. The van der Waals surface area contributed by atoms with Crippen LogP contribution in [-0.2, 0) is 0 Å². The van der Waals surface area contributed by atoms with Crippen molar-refractivity contribution in [3.8, 4) is 0 Å². The standard InChI is InChI=1S/C10H8ClNO2/c1-5(13)8-3-7(11)4-9-10(8)14-6(2)12-9/h3-4H,1-2H3. The number of benzene rings is 1. The van der Waals surface area contributed by atoms with Crippen LogP contribution >= 0.6 is 11.6 Å². The van der Waals surface area contributed by atoms with Crippen molar-refractivity contribution in [2.75, 3.05) is 0 Å². The van der Waals surface area contributed by atoms with Crippen molar-refractivity contribution >= 4 is 28.5 Å². The number of fused-ring (bicyclic) bond motifs is 1. The fraction of sp³-hybridized carbons (Fsp3) is 0.200. The molecule has 14 heavy (non-hydrogen) atoms. The van der Waals surface area contributed by atoms with Crippen LogP contribution in [0.2, 0.25) is 5.02 Å². The highest BCUT2D eigenvalue weighted by molar-refractivity contribution is 6.32. The third kappa shape index (κ3) is 1.40. The summed E-state index contributed by atoms with van der Waals surface area (Å²) in [5.41, 5.74) is 1.62. The van der Waals surface area contributed by atoms with Crippen molar-refractivity contribution in [2.24, 2.45) is 0 Å². The number of Topliss-reactive ketones (excluding diaryl/α,β-unsaturated/α-hetero) is 1. The molecule has 2 aromatic rings. The normalized spacial score (nSPS) is 10.8. The molecule has 0 saturated carbocycles. The summed E-state index contributed by atoms with van der Waals surface area (Å²) in [6.45, 7) is 3.21. The van der Waals surface area contributed by atoms with E-state index in [-0.39, 0.29) is 5.78 Å². The van der Waals surface area contributed by atoms with Gasteiger partial charge < -0.3 is 4.42 Å².